The van der Waals surface area contributed by atoms with Crippen LogP contribution in [0.1, 0.15) is 44.8 Å². The highest BCUT2D eigenvalue weighted by Crippen LogP contribution is 2.21. The van der Waals surface area contributed by atoms with Gasteiger partial charge < -0.3 is 19.9 Å². The summed E-state index contributed by atoms with van der Waals surface area (Å²) in [5.74, 6) is 0.972. The lowest BCUT2D eigenvalue weighted by Crippen LogP contribution is -2.48. The number of hydrogen-bond acceptors (Lipinski definition) is 4. The average Bonchev–Trinajstić information content (AvgIpc) is 3.09. The van der Waals surface area contributed by atoms with E-state index in [-0.39, 0.29) is 6.10 Å². The van der Waals surface area contributed by atoms with Gasteiger partial charge in [-0.1, -0.05) is 13.8 Å². The van der Waals surface area contributed by atoms with Gasteiger partial charge in [0, 0.05) is 38.9 Å². The van der Waals surface area contributed by atoms with E-state index in [1.54, 1.807) is 0 Å². The van der Waals surface area contributed by atoms with Crippen LogP contribution in [0.25, 0.3) is 0 Å². The first kappa shape index (κ1) is 20.7. The van der Waals surface area contributed by atoms with Crippen molar-refractivity contribution >= 4 is 5.96 Å². The van der Waals surface area contributed by atoms with Crippen molar-refractivity contribution < 1.29 is 4.74 Å². The second-order valence-electron chi connectivity index (χ2n) is 6.92. The topological polar surface area (TPSA) is 57.9 Å². The van der Waals surface area contributed by atoms with Crippen LogP contribution < -0.4 is 5.32 Å². The molecule has 1 unspecified atom stereocenters. The van der Waals surface area contributed by atoms with Gasteiger partial charge in [0.2, 0.25) is 0 Å². The van der Waals surface area contributed by atoms with E-state index in [1.165, 1.54) is 25.9 Å². The van der Waals surface area contributed by atoms with Crippen molar-refractivity contribution in [3.63, 3.8) is 0 Å². The quantitative estimate of drug-likeness (QED) is 0.412. The van der Waals surface area contributed by atoms with Gasteiger partial charge in [-0.05, 0) is 38.9 Å². The molecule has 1 aliphatic heterocycles. The highest BCUT2D eigenvalue weighted by molar-refractivity contribution is 5.80. The van der Waals surface area contributed by atoms with Crippen LogP contribution in [0.3, 0.4) is 0 Å². The van der Waals surface area contributed by atoms with Gasteiger partial charge in [0.05, 0.1) is 19.3 Å². The minimum absolute atomic E-state index is 0.0561. The van der Waals surface area contributed by atoms with E-state index in [0.29, 0.717) is 6.61 Å². The van der Waals surface area contributed by atoms with Crippen molar-refractivity contribution in [1.82, 2.24) is 24.9 Å². The predicted octanol–water partition coefficient (Wildman–Crippen LogP) is 1.88. The number of aromatic nitrogens is 2. The number of morpholine rings is 1. The van der Waals surface area contributed by atoms with Gasteiger partial charge >= 0.3 is 0 Å². The standard InChI is InChI=1S/C19H36N6O/c1-5-9-24(10-6-2)11-7-8-21-19(20-3)25-12-13-26-18(16-25)17-14-22-23(4)15-17/h14-15,18H,5-13,16H2,1-4H3,(H,20,21). The molecule has 0 saturated carbocycles. The third-order valence-corrected chi connectivity index (χ3v) is 4.69. The van der Waals surface area contributed by atoms with Crippen molar-refractivity contribution in [2.75, 3.05) is 52.9 Å². The van der Waals surface area contributed by atoms with Gasteiger partial charge in [-0.2, -0.15) is 5.10 Å². The molecular weight excluding hydrogens is 328 g/mol. The molecule has 0 radical (unpaired) electrons. The Morgan fingerprint density at radius 2 is 2.12 bits per heavy atom. The monoisotopic (exact) mass is 364 g/mol. The molecule has 1 fully saturated rings. The lowest BCUT2D eigenvalue weighted by atomic mass is 10.1. The van der Waals surface area contributed by atoms with E-state index >= 15 is 0 Å². The molecule has 0 bridgehead atoms. The van der Waals surface area contributed by atoms with Gasteiger partial charge in [0.15, 0.2) is 5.96 Å². The third kappa shape index (κ3) is 6.29. The van der Waals surface area contributed by atoms with Crippen LogP contribution in [0.2, 0.25) is 0 Å². The predicted molar refractivity (Wildman–Crippen MR) is 106 cm³/mol. The fourth-order valence-corrected chi connectivity index (χ4v) is 3.45. The van der Waals surface area contributed by atoms with E-state index < -0.39 is 0 Å². The molecule has 1 N–H and O–H groups in total. The summed E-state index contributed by atoms with van der Waals surface area (Å²) in [5, 5.41) is 7.79. The molecule has 148 valence electrons. The van der Waals surface area contributed by atoms with Crippen LogP contribution in [-0.2, 0) is 11.8 Å². The fourth-order valence-electron chi connectivity index (χ4n) is 3.45. The zero-order valence-corrected chi connectivity index (χ0v) is 16.9. The number of guanidine groups is 1. The van der Waals surface area contributed by atoms with Crippen molar-refractivity contribution in [2.45, 2.75) is 39.2 Å². The van der Waals surface area contributed by atoms with Gasteiger partial charge in [0.25, 0.3) is 0 Å². The fraction of sp³-hybridized carbons (Fsp3) is 0.789. The third-order valence-electron chi connectivity index (χ3n) is 4.69. The summed E-state index contributed by atoms with van der Waals surface area (Å²) in [6.45, 7) is 11.4. The highest BCUT2D eigenvalue weighted by atomic mass is 16.5. The molecule has 0 amide bonds. The Morgan fingerprint density at radius 3 is 2.73 bits per heavy atom. The lowest BCUT2D eigenvalue weighted by molar-refractivity contribution is -0.00802. The van der Waals surface area contributed by atoms with Crippen molar-refractivity contribution in [1.29, 1.82) is 0 Å². The minimum atomic E-state index is 0.0561. The van der Waals surface area contributed by atoms with Crippen molar-refractivity contribution in [3.05, 3.63) is 18.0 Å². The largest absolute Gasteiger partial charge is 0.370 e. The number of aryl methyl sites for hydroxylation is 1. The smallest absolute Gasteiger partial charge is 0.193 e. The molecule has 0 aromatic carbocycles. The Bertz CT molecular complexity index is 538. The van der Waals surface area contributed by atoms with Gasteiger partial charge in [-0.15, -0.1) is 0 Å². The normalized spacial score (nSPS) is 18.6. The second-order valence-corrected chi connectivity index (χ2v) is 6.92. The number of aliphatic imine (C=N–C) groups is 1. The molecule has 1 aliphatic rings. The van der Waals surface area contributed by atoms with Crippen LogP contribution in [0.5, 0.6) is 0 Å². The summed E-state index contributed by atoms with van der Waals surface area (Å²) in [5.41, 5.74) is 1.13. The SMILES string of the molecule is CCCN(CCC)CCCNC(=NC)N1CCOC(c2cnn(C)c2)C1. The Kier molecular flexibility index (Phi) is 8.91. The van der Waals surface area contributed by atoms with E-state index in [9.17, 15) is 0 Å². The zero-order valence-electron chi connectivity index (χ0n) is 16.9. The maximum atomic E-state index is 5.93. The van der Waals surface area contributed by atoms with Gasteiger partial charge in [-0.25, -0.2) is 0 Å². The van der Waals surface area contributed by atoms with Crippen molar-refractivity contribution in [3.8, 4) is 0 Å². The molecule has 1 atom stereocenters. The maximum Gasteiger partial charge on any atom is 0.193 e. The average molecular weight is 365 g/mol. The summed E-state index contributed by atoms with van der Waals surface area (Å²) in [4.78, 5) is 9.32. The summed E-state index contributed by atoms with van der Waals surface area (Å²) in [7, 11) is 3.79. The maximum absolute atomic E-state index is 5.93. The van der Waals surface area contributed by atoms with Crippen LogP contribution in [0.15, 0.2) is 17.4 Å². The van der Waals surface area contributed by atoms with E-state index in [4.69, 9.17) is 4.74 Å². The molecule has 1 aromatic heterocycles. The molecule has 7 heteroatoms. The Balaban J connectivity index is 1.78. The molecule has 7 nitrogen and oxygen atoms in total. The first-order valence-electron chi connectivity index (χ1n) is 9.96. The van der Waals surface area contributed by atoms with Crippen LogP contribution in [0, 0.1) is 0 Å². The van der Waals surface area contributed by atoms with E-state index in [2.05, 4.69) is 39.1 Å². The van der Waals surface area contributed by atoms with E-state index in [1.807, 2.05) is 31.2 Å². The van der Waals surface area contributed by atoms with Gasteiger partial charge in [0.1, 0.15) is 6.10 Å². The van der Waals surface area contributed by atoms with Crippen LogP contribution in [0.4, 0.5) is 0 Å². The zero-order chi connectivity index (χ0) is 18.8. The highest BCUT2D eigenvalue weighted by Gasteiger charge is 2.25. The Hall–Kier alpha value is -1.60. The minimum Gasteiger partial charge on any atom is -0.370 e. The number of hydrogen-bond donors (Lipinski definition) is 1. The molecule has 0 aliphatic carbocycles. The molecule has 2 rings (SSSR count). The van der Waals surface area contributed by atoms with Gasteiger partial charge in [-0.3, -0.25) is 9.67 Å². The van der Waals surface area contributed by atoms with E-state index in [0.717, 1.165) is 44.1 Å². The first-order valence-corrected chi connectivity index (χ1v) is 9.96. The molecular formula is C19H36N6O. The van der Waals surface area contributed by atoms with Crippen LogP contribution >= 0.6 is 0 Å². The lowest BCUT2D eigenvalue weighted by Gasteiger charge is -2.34. The first-order chi connectivity index (χ1) is 12.7. The summed E-state index contributed by atoms with van der Waals surface area (Å²) in [6.07, 6.45) is 7.55. The second kappa shape index (κ2) is 11.2. The number of rotatable bonds is 9. The summed E-state index contributed by atoms with van der Waals surface area (Å²) >= 11 is 0. The van der Waals surface area contributed by atoms with Crippen molar-refractivity contribution in [2.24, 2.45) is 12.0 Å². The molecule has 2 heterocycles. The number of ether oxygens (including phenoxy) is 1. The Labute approximate surface area is 158 Å². The molecule has 1 aromatic rings. The summed E-state index contributed by atoms with van der Waals surface area (Å²) < 4.78 is 7.75. The molecule has 0 spiro atoms. The molecule has 26 heavy (non-hydrogen) atoms. The molecule has 1 saturated heterocycles. The summed E-state index contributed by atoms with van der Waals surface area (Å²) in [6, 6.07) is 0. The van der Waals surface area contributed by atoms with Crippen LogP contribution in [-0.4, -0.2) is 78.5 Å². The number of nitrogens with zero attached hydrogens (tertiary/aromatic N) is 5. The Morgan fingerprint density at radius 1 is 1.35 bits per heavy atom. The number of nitrogens with one attached hydrogen (secondary N) is 1.